The summed E-state index contributed by atoms with van der Waals surface area (Å²) in [6, 6.07) is 15.1. The van der Waals surface area contributed by atoms with Crippen molar-refractivity contribution >= 4 is 11.6 Å². The minimum absolute atomic E-state index is 0.0963. The van der Waals surface area contributed by atoms with E-state index >= 15 is 0 Å². The molecule has 0 aliphatic rings. The molecule has 6 nitrogen and oxygen atoms in total. The third-order valence-corrected chi connectivity index (χ3v) is 3.83. The van der Waals surface area contributed by atoms with Crippen LogP contribution in [-0.4, -0.2) is 38.6 Å². The highest BCUT2D eigenvalue weighted by Crippen LogP contribution is 2.27. The van der Waals surface area contributed by atoms with Crippen LogP contribution in [0.1, 0.15) is 11.1 Å². The Morgan fingerprint density at radius 3 is 2.35 bits per heavy atom. The van der Waals surface area contributed by atoms with Gasteiger partial charge < -0.3 is 14.8 Å². The van der Waals surface area contributed by atoms with Gasteiger partial charge in [-0.2, -0.15) is 5.26 Å². The van der Waals surface area contributed by atoms with E-state index in [4.69, 9.17) is 14.7 Å². The van der Waals surface area contributed by atoms with E-state index in [1.54, 1.807) is 26.4 Å². The SMILES string of the molecule is COc1ccc(CN(C)CC(=O)Nc2ccc(CC#N)cc2)cc1OC. The molecule has 0 heterocycles. The van der Waals surface area contributed by atoms with Gasteiger partial charge in [0.05, 0.1) is 33.3 Å². The van der Waals surface area contributed by atoms with Crippen LogP contribution in [0.4, 0.5) is 5.69 Å². The number of nitriles is 1. The molecule has 0 unspecified atom stereocenters. The number of ether oxygens (including phenoxy) is 2. The second-order valence-electron chi connectivity index (χ2n) is 5.94. The van der Waals surface area contributed by atoms with Gasteiger partial charge in [0.2, 0.25) is 5.91 Å². The number of amides is 1. The fourth-order valence-corrected chi connectivity index (χ4v) is 2.59. The molecule has 0 saturated carbocycles. The third-order valence-electron chi connectivity index (χ3n) is 3.83. The lowest BCUT2D eigenvalue weighted by molar-refractivity contribution is -0.117. The molecule has 1 amide bonds. The van der Waals surface area contributed by atoms with E-state index in [9.17, 15) is 4.79 Å². The van der Waals surface area contributed by atoms with Crippen molar-refractivity contribution in [3.8, 4) is 17.6 Å². The van der Waals surface area contributed by atoms with Crippen molar-refractivity contribution in [1.82, 2.24) is 4.90 Å². The highest BCUT2D eigenvalue weighted by atomic mass is 16.5. The van der Waals surface area contributed by atoms with E-state index in [-0.39, 0.29) is 12.5 Å². The molecule has 0 aromatic heterocycles. The smallest absolute Gasteiger partial charge is 0.238 e. The highest BCUT2D eigenvalue weighted by molar-refractivity contribution is 5.92. The molecule has 2 rings (SSSR count). The number of methoxy groups -OCH3 is 2. The van der Waals surface area contributed by atoms with Gasteiger partial charge in [-0.1, -0.05) is 18.2 Å². The average molecular weight is 353 g/mol. The first-order valence-electron chi connectivity index (χ1n) is 8.21. The monoisotopic (exact) mass is 353 g/mol. The largest absolute Gasteiger partial charge is 0.493 e. The zero-order valence-corrected chi connectivity index (χ0v) is 15.3. The topological polar surface area (TPSA) is 74.6 Å². The van der Waals surface area contributed by atoms with Crippen LogP contribution < -0.4 is 14.8 Å². The number of hydrogen-bond acceptors (Lipinski definition) is 5. The molecule has 2 aromatic rings. The van der Waals surface area contributed by atoms with Crippen LogP contribution >= 0.6 is 0 Å². The van der Waals surface area contributed by atoms with Gasteiger partial charge in [-0.15, -0.1) is 0 Å². The second-order valence-corrected chi connectivity index (χ2v) is 5.94. The van der Waals surface area contributed by atoms with Crippen molar-refractivity contribution in [2.45, 2.75) is 13.0 Å². The Labute approximate surface area is 153 Å². The lowest BCUT2D eigenvalue weighted by Crippen LogP contribution is -2.29. The second kappa shape index (κ2) is 9.44. The van der Waals surface area contributed by atoms with Crippen LogP contribution in [0.15, 0.2) is 42.5 Å². The summed E-state index contributed by atoms with van der Waals surface area (Å²) in [5.74, 6) is 1.25. The fourth-order valence-electron chi connectivity index (χ4n) is 2.59. The third kappa shape index (κ3) is 5.50. The lowest BCUT2D eigenvalue weighted by Gasteiger charge is -2.17. The number of likely N-dealkylation sites (N-methyl/N-ethyl adjacent to an activating group) is 1. The van der Waals surface area contributed by atoms with Gasteiger partial charge in [0, 0.05) is 12.2 Å². The number of hydrogen-bond donors (Lipinski definition) is 1. The van der Waals surface area contributed by atoms with Crippen molar-refractivity contribution in [3.05, 3.63) is 53.6 Å². The molecule has 0 spiro atoms. The average Bonchev–Trinajstić information content (AvgIpc) is 2.63. The van der Waals surface area contributed by atoms with E-state index in [1.165, 1.54) is 0 Å². The predicted octanol–water partition coefficient (Wildman–Crippen LogP) is 2.84. The standard InChI is InChI=1S/C20H23N3O3/c1-23(13-16-6-9-18(25-2)19(12-16)26-3)14-20(24)22-17-7-4-15(5-8-17)10-11-21/h4-9,12H,10,13-14H2,1-3H3,(H,22,24). The molecular weight excluding hydrogens is 330 g/mol. The number of rotatable bonds is 8. The number of carbonyl (C=O) groups is 1. The Hall–Kier alpha value is -3.04. The summed E-state index contributed by atoms with van der Waals surface area (Å²) in [6.07, 6.45) is 0.363. The minimum atomic E-state index is -0.0963. The molecular formula is C20H23N3O3. The summed E-state index contributed by atoms with van der Waals surface area (Å²) < 4.78 is 10.5. The van der Waals surface area contributed by atoms with Gasteiger partial charge >= 0.3 is 0 Å². The number of nitrogens with zero attached hydrogens (tertiary/aromatic N) is 2. The first-order valence-corrected chi connectivity index (χ1v) is 8.21. The van der Waals surface area contributed by atoms with Crippen molar-refractivity contribution in [2.24, 2.45) is 0 Å². The van der Waals surface area contributed by atoms with Gasteiger partial charge in [0.1, 0.15) is 0 Å². The molecule has 0 aliphatic carbocycles. The summed E-state index contributed by atoms with van der Waals surface area (Å²) in [5.41, 5.74) is 2.67. The minimum Gasteiger partial charge on any atom is -0.493 e. The fraction of sp³-hybridized carbons (Fsp3) is 0.300. The highest BCUT2D eigenvalue weighted by Gasteiger charge is 2.10. The molecule has 136 valence electrons. The van der Waals surface area contributed by atoms with Crippen molar-refractivity contribution in [3.63, 3.8) is 0 Å². The van der Waals surface area contributed by atoms with E-state index < -0.39 is 0 Å². The van der Waals surface area contributed by atoms with Crippen LogP contribution in [-0.2, 0) is 17.8 Å². The number of anilines is 1. The molecule has 0 aliphatic heterocycles. The molecule has 1 N–H and O–H groups in total. The summed E-state index contributed by atoms with van der Waals surface area (Å²) in [7, 11) is 5.08. The van der Waals surface area contributed by atoms with E-state index in [0.717, 1.165) is 16.8 Å². The summed E-state index contributed by atoms with van der Waals surface area (Å²) in [4.78, 5) is 14.1. The van der Waals surface area contributed by atoms with E-state index in [1.807, 2.05) is 42.3 Å². The Kier molecular flexibility index (Phi) is 7.01. The number of benzene rings is 2. The molecule has 0 saturated heterocycles. The van der Waals surface area contributed by atoms with Crippen LogP contribution in [0.5, 0.6) is 11.5 Å². The van der Waals surface area contributed by atoms with Crippen molar-refractivity contribution < 1.29 is 14.3 Å². The van der Waals surface area contributed by atoms with Crippen LogP contribution in [0.25, 0.3) is 0 Å². The van der Waals surface area contributed by atoms with Gasteiger partial charge in [0.15, 0.2) is 11.5 Å². The Morgan fingerprint density at radius 2 is 1.73 bits per heavy atom. The van der Waals surface area contributed by atoms with Gasteiger partial charge in [-0.05, 0) is 42.4 Å². The van der Waals surface area contributed by atoms with Crippen LogP contribution in [0, 0.1) is 11.3 Å². The zero-order valence-electron chi connectivity index (χ0n) is 15.3. The Bertz CT molecular complexity index is 782. The molecule has 0 bridgehead atoms. The molecule has 0 atom stereocenters. The summed E-state index contributed by atoms with van der Waals surface area (Å²) in [6.45, 7) is 0.864. The number of carbonyl (C=O) groups excluding carboxylic acids is 1. The first kappa shape index (κ1) is 19.3. The van der Waals surface area contributed by atoms with Gasteiger partial charge in [0.25, 0.3) is 0 Å². The van der Waals surface area contributed by atoms with Gasteiger partial charge in [-0.25, -0.2) is 0 Å². The Morgan fingerprint density at radius 1 is 1.08 bits per heavy atom. The molecule has 6 heteroatoms. The molecule has 0 radical (unpaired) electrons. The van der Waals surface area contributed by atoms with Crippen molar-refractivity contribution in [2.75, 3.05) is 33.1 Å². The maximum Gasteiger partial charge on any atom is 0.238 e. The lowest BCUT2D eigenvalue weighted by atomic mass is 10.1. The van der Waals surface area contributed by atoms with E-state index in [2.05, 4.69) is 11.4 Å². The molecule has 2 aromatic carbocycles. The molecule has 0 fully saturated rings. The summed E-state index contributed by atoms with van der Waals surface area (Å²) in [5, 5.41) is 11.5. The first-order chi connectivity index (χ1) is 12.5. The Balaban J connectivity index is 1.89. The normalized spacial score (nSPS) is 10.3. The molecule has 26 heavy (non-hydrogen) atoms. The summed E-state index contributed by atoms with van der Waals surface area (Å²) >= 11 is 0. The maximum atomic E-state index is 12.2. The van der Waals surface area contributed by atoms with Gasteiger partial charge in [-0.3, -0.25) is 9.69 Å². The zero-order chi connectivity index (χ0) is 18.9. The van der Waals surface area contributed by atoms with Crippen molar-refractivity contribution in [1.29, 1.82) is 5.26 Å². The predicted molar refractivity (Wildman–Crippen MR) is 100 cm³/mol. The van der Waals surface area contributed by atoms with Crippen LogP contribution in [0.3, 0.4) is 0 Å². The maximum absolute atomic E-state index is 12.2. The van der Waals surface area contributed by atoms with E-state index in [0.29, 0.717) is 24.5 Å². The number of nitrogens with one attached hydrogen (secondary N) is 1. The quantitative estimate of drug-likeness (QED) is 0.790. The van der Waals surface area contributed by atoms with Crippen LogP contribution in [0.2, 0.25) is 0 Å².